The standard InChI is InChI=1S/C53H96NO7P/c1-10-11-12-13-14-15-16-17-18-19-20-21-22-23-24-28-51(55)61-46(41-60-62(56,57)59-38-37-54(7,8)9)40-58-45-33-35-52(5)44(39-45)29-30-47-49-32-31-48(43(4)27-25-26-42(2)3)53(49,6)36-34-50(47)52/h17-18,29,42-43,45-50H,10-16,19-28,30-41H2,1-9H3/p+1/t43-,45?,46?,47?,48-,49?,50?,52+,53-/m1/s1. The lowest BCUT2D eigenvalue weighted by Gasteiger charge is -2.58. The van der Waals surface area contributed by atoms with Crippen LogP contribution in [0.1, 0.15) is 202 Å². The van der Waals surface area contributed by atoms with Crippen molar-refractivity contribution in [1.29, 1.82) is 0 Å². The molecule has 0 bridgehead atoms. The molecule has 62 heavy (non-hydrogen) atoms. The number of ether oxygens (including phenoxy) is 2. The lowest BCUT2D eigenvalue weighted by molar-refractivity contribution is -0.870. The van der Waals surface area contributed by atoms with Gasteiger partial charge in [-0.3, -0.25) is 13.8 Å². The Hall–Kier alpha value is -1.02. The van der Waals surface area contributed by atoms with E-state index in [2.05, 4.69) is 59.8 Å². The molecule has 0 aromatic rings. The quantitative estimate of drug-likeness (QED) is 0.0244. The first-order valence-electron chi connectivity index (χ1n) is 26.0. The molecule has 0 radical (unpaired) electrons. The molecule has 10 atom stereocenters. The van der Waals surface area contributed by atoms with E-state index >= 15 is 0 Å². The summed E-state index contributed by atoms with van der Waals surface area (Å²) in [6, 6.07) is 0. The van der Waals surface area contributed by atoms with Crippen LogP contribution in [0, 0.1) is 46.3 Å². The van der Waals surface area contributed by atoms with Crippen molar-refractivity contribution in [1.82, 2.24) is 0 Å². The molecule has 6 unspecified atom stereocenters. The summed E-state index contributed by atoms with van der Waals surface area (Å²) in [6.45, 7) is 15.3. The van der Waals surface area contributed by atoms with Crippen LogP contribution in [0.2, 0.25) is 0 Å². The van der Waals surface area contributed by atoms with Crippen LogP contribution in [0.15, 0.2) is 23.8 Å². The Labute approximate surface area is 381 Å². The summed E-state index contributed by atoms with van der Waals surface area (Å²) in [5.74, 6) is 4.55. The summed E-state index contributed by atoms with van der Waals surface area (Å²) >= 11 is 0. The molecule has 3 fully saturated rings. The van der Waals surface area contributed by atoms with Crippen LogP contribution < -0.4 is 0 Å². The summed E-state index contributed by atoms with van der Waals surface area (Å²) in [4.78, 5) is 23.6. The Morgan fingerprint density at radius 3 is 2.19 bits per heavy atom. The van der Waals surface area contributed by atoms with Gasteiger partial charge in [0.2, 0.25) is 0 Å². The van der Waals surface area contributed by atoms with Crippen molar-refractivity contribution in [2.45, 2.75) is 214 Å². The number of esters is 1. The lowest BCUT2D eigenvalue weighted by atomic mass is 9.47. The van der Waals surface area contributed by atoms with E-state index < -0.39 is 13.9 Å². The molecule has 0 aliphatic heterocycles. The number of allylic oxidation sites excluding steroid dienone is 3. The van der Waals surface area contributed by atoms with E-state index in [1.54, 1.807) is 5.57 Å². The van der Waals surface area contributed by atoms with Gasteiger partial charge in [0, 0.05) is 6.42 Å². The molecule has 8 nitrogen and oxygen atoms in total. The first-order chi connectivity index (χ1) is 29.5. The fraction of sp³-hybridized carbons (Fsp3) is 0.906. The van der Waals surface area contributed by atoms with Crippen molar-refractivity contribution >= 4 is 13.8 Å². The summed E-state index contributed by atoms with van der Waals surface area (Å²) in [5.41, 5.74) is 2.26. The summed E-state index contributed by atoms with van der Waals surface area (Å²) in [7, 11) is 1.66. The third-order valence-corrected chi connectivity index (χ3v) is 17.1. The van der Waals surface area contributed by atoms with E-state index in [4.69, 9.17) is 18.5 Å². The fourth-order valence-electron chi connectivity index (χ4n) is 12.4. The summed E-state index contributed by atoms with van der Waals surface area (Å²) < 4.78 is 36.6. The van der Waals surface area contributed by atoms with Crippen molar-refractivity contribution in [2.75, 3.05) is 47.5 Å². The number of phosphoric ester groups is 1. The van der Waals surface area contributed by atoms with Crippen molar-refractivity contribution < 1.29 is 37.3 Å². The zero-order valence-electron chi connectivity index (χ0n) is 41.6. The van der Waals surface area contributed by atoms with E-state index in [1.165, 1.54) is 103 Å². The van der Waals surface area contributed by atoms with E-state index in [9.17, 15) is 14.3 Å². The molecule has 4 aliphatic rings. The smallest absolute Gasteiger partial charge is 0.457 e. The highest BCUT2D eigenvalue weighted by atomic mass is 31.2. The van der Waals surface area contributed by atoms with E-state index in [1.807, 2.05) is 21.1 Å². The molecule has 9 heteroatoms. The van der Waals surface area contributed by atoms with E-state index in [0.29, 0.717) is 22.9 Å². The second kappa shape index (κ2) is 26.4. The van der Waals surface area contributed by atoms with Crippen molar-refractivity contribution in [2.24, 2.45) is 46.3 Å². The molecule has 0 heterocycles. The Morgan fingerprint density at radius 1 is 0.839 bits per heavy atom. The van der Waals surface area contributed by atoms with Gasteiger partial charge in [-0.1, -0.05) is 136 Å². The van der Waals surface area contributed by atoms with Crippen molar-refractivity contribution in [3.8, 4) is 0 Å². The second-order valence-corrected chi connectivity index (χ2v) is 24.0. The monoisotopic (exact) mass is 891 g/mol. The number of carbonyl (C=O) groups is 1. The number of hydrogen-bond acceptors (Lipinski definition) is 6. The zero-order chi connectivity index (χ0) is 45.2. The van der Waals surface area contributed by atoms with E-state index in [0.717, 1.165) is 86.9 Å². The topological polar surface area (TPSA) is 91.3 Å². The molecular weight excluding hydrogens is 794 g/mol. The predicted molar refractivity (Wildman–Crippen MR) is 257 cm³/mol. The van der Waals surface area contributed by atoms with Crippen LogP contribution in [0.5, 0.6) is 0 Å². The molecule has 0 amide bonds. The van der Waals surface area contributed by atoms with Gasteiger partial charge in [-0.25, -0.2) is 4.57 Å². The molecular formula is C53H97NO7P+. The van der Waals surface area contributed by atoms with Gasteiger partial charge in [0.1, 0.15) is 19.3 Å². The highest BCUT2D eigenvalue weighted by Crippen LogP contribution is 2.67. The highest BCUT2D eigenvalue weighted by molar-refractivity contribution is 7.47. The average Bonchev–Trinajstić information content (AvgIpc) is 3.57. The number of quaternary nitrogens is 1. The SMILES string of the molecule is CCCCCCCCC=CCCCCCCCC(=O)OC(COC1CC[C@@]2(C)C(=CCC3C2CC[C@@]2(C)C3CC[C@@H]2[C@H](C)CCCC(C)C)C1)COP(=O)(O)OCC[N+](C)(C)C. The van der Waals surface area contributed by atoms with Crippen LogP contribution >= 0.6 is 7.82 Å². The average molecular weight is 891 g/mol. The Morgan fingerprint density at radius 2 is 1.52 bits per heavy atom. The number of unbranched alkanes of at least 4 members (excludes halogenated alkanes) is 11. The number of fused-ring (bicyclic) bond motifs is 5. The summed E-state index contributed by atoms with van der Waals surface area (Å²) in [5, 5.41) is 0. The largest absolute Gasteiger partial charge is 0.472 e. The van der Waals surface area contributed by atoms with Gasteiger partial charge < -0.3 is 18.9 Å². The van der Waals surface area contributed by atoms with Crippen LogP contribution in [0.4, 0.5) is 0 Å². The summed E-state index contributed by atoms with van der Waals surface area (Å²) in [6.07, 6.45) is 36.3. The van der Waals surface area contributed by atoms with E-state index in [-0.39, 0.29) is 37.3 Å². The van der Waals surface area contributed by atoms with Crippen LogP contribution in [-0.2, 0) is 27.9 Å². The van der Waals surface area contributed by atoms with Gasteiger partial charge >= 0.3 is 13.8 Å². The van der Waals surface area contributed by atoms with Gasteiger partial charge in [-0.2, -0.15) is 0 Å². The van der Waals surface area contributed by atoms with Crippen molar-refractivity contribution in [3.63, 3.8) is 0 Å². The number of rotatable bonds is 31. The number of likely N-dealkylation sites (N-methyl/N-ethyl adjacent to an activating group) is 1. The normalized spacial score (nSPS) is 29.5. The van der Waals surface area contributed by atoms with Gasteiger partial charge in [0.05, 0.1) is 40.5 Å². The first kappa shape index (κ1) is 53.6. The van der Waals surface area contributed by atoms with Gasteiger partial charge in [-0.15, -0.1) is 0 Å². The predicted octanol–water partition coefficient (Wildman–Crippen LogP) is 14.2. The number of carbonyl (C=O) groups excluding carboxylic acids is 1. The molecule has 0 aromatic carbocycles. The maximum Gasteiger partial charge on any atom is 0.472 e. The second-order valence-electron chi connectivity index (χ2n) is 22.5. The van der Waals surface area contributed by atoms with Gasteiger partial charge in [0.25, 0.3) is 0 Å². The van der Waals surface area contributed by atoms with Gasteiger partial charge in [0.15, 0.2) is 0 Å². The maximum atomic E-state index is 13.1. The highest BCUT2D eigenvalue weighted by Gasteiger charge is 2.59. The molecule has 0 saturated heterocycles. The molecule has 0 aromatic heterocycles. The Kier molecular flexibility index (Phi) is 22.8. The molecule has 360 valence electrons. The number of phosphoric acid groups is 1. The van der Waals surface area contributed by atoms with Crippen molar-refractivity contribution in [3.05, 3.63) is 23.8 Å². The molecule has 4 rings (SSSR count). The first-order valence-corrected chi connectivity index (χ1v) is 27.5. The number of nitrogens with zero attached hydrogens (tertiary/aromatic N) is 1. The van der Waals surface area contributed by atoms with Crippen LogP contribution in [0.3, 0.4) is 0 Å². The van der Waals surface area contributed by atoms with Crippen LogP contribution in [-0.4, -0.2) is 75.1 Å². The molecule has 3 saturated carbocycles. The van der Waals surface area contributed by atoms with Gasteiger partial charge in [-0.05, 0) is 130 Å². The maximum absolute atomic E-state index is 13.1. The number of hydrogen-bond donors (Lipinski definition) is 1. The van der Waals surface area contributed by atoms with Crippen LogP contribution in [0.25, 0.3) is 0 Å². The fourth-order valence-corrected chi connectivity index (χ4v) is 13.1. The lowest BCUT2D eigenvalue weighted by Crippen LogP contribution is -2.51. The molecule has 1 N–H and O–H groups in total. The minimum atomic E-state index is -4.33. The molecule has 0 spiro atoms. The minimum Gasteiger partial charge on any atom is -0.457 e. The zero-order valence-corrected chi connectivity index (χ0v) is 42.5. The third-order valence-electron chi connectivity index (χ3n) is 16.2. The molecule has 4 aliphatic carbocycles. The Bertz CT molecular complexity index is 1410. The third kappa shape index (κ3) is 17.3. The Balaban J connectivity index is 1.24. The minimum absolute atomic E-state index is 0.0237.